The van der Waals surface area contributed by atoms with Gasteiger partial charge in [-0.25, -0.2) is 4.79 Å². The molecule has 4 heteroatoms. The number of nitrogens with zero attached hydrogens (tertiary/aromatic N) is 2. The van der Waals surface area contributed by atoms with Crippen LogP contribution < -0.4 is 4.90 Å². The van der Waals surface area contributed by atoms with Crippen molar-refractivity contribution in [2.24, 2.45) is 4.99 Å². The minimum Gasteiger partial charge on any atom is -0.444 e. The van der Waals surface area contributed by atoms with Crippen molar-refractivity contribution in [2.75, 3.05) is 4.90 Å². The van der Waals surface area contributed by atoms with Crippen molar-refractivity contribution >= 4 is 17.5 Å². The van der Waals surface area contributed by atoms with Gasteiger partial charge in [0, 0.05) is 23.7 Å². The van der Waals surface area contributed by atoms with Gasteiger partial charge in [0.05, 0.1) is 12.2 Å². The van der Waals surface area contributed by atoms with Gasteiger partial charge in [0.2, 0.25) is 0 Å². The van der Waals surface area contributed by atoms with E-state index in [2.05, 4.69) is 12.1 Å². The summed E-state index contributed by atoms with van der Waals surface area (Å²) >= 11 is 0. The first-order valence-electron chi connectivity index (χ1n) is 9.89. The van der Waals surface area contributed by atoms with Gasteiger partial charge in [-0.1, -0.05) is 78.9 Å². The molecule has 1 unspecified atom stereocenters. The zero-order valence-corrected chi connectivity index (χ0v) is 16.5. The monoisotopic (exact) mass is 384 g/mol. The second kappa shape index (κ2) is 8.74. The van der Waals surface area contributed by atoms with E-state index in [-0.39, 0.29) is 18.7 Å². The van der Waals surface area contributed by atoms with Crippen LogP contribution in [-0.2, 0) is 17.9 Å². The Hall–Kier alpha value is -3.40. The number of benzene rings is 3. The molecule has 1 aliphatic heterocycles. The second-order valence-corrected chi connectivity index (χ2v) is 7.23. The van der Waals surface area contributed by atoms with Gasteiger partial charge in [0.1, 0.15) is 6.61 Å². The fraction of sp³-hybridized carbons (Fsp3) is 0.200. The Labute approximate surface area is 171 Å². The summed E-state index contributed by atoms with van der Waals surface area (Å²) in [5, 5.41) is 0. The number of fused-ring (bicyclic) bond motifs is 1. The fourth-order valence-electron chi connectivity index (χ4n) is 3.63. The fourth-order valence-corrected chi connectivity index (χ4v) is 3.63. The standard InChI is InChI=1S/C25H24N2O2/c1-19-16-23(26-17-20-10-4-2-5-11-20)22-14-8-9-15-24(22)27(19)25(28)29-18-21-12-6-3-7-13-21/h2-15,19H,16-18H2,1H3. The minimum absolute atomic E-state index is 0.0253. The molecule has 1 atom stereocenters. The van der Waals surface area contributed by atoms with Gasteiger partial charge in [-0.15, -0.1) is 0 Å². The molecule has 3 aromatic rings. The SMILES string of the molecule is CC1CC(=NCc2ccccc2)c2ccccc2N1C(=O)OCc1ccccc1. The maximum atomic E-state index is 12.9. The largest absolute Gasteiger partial charge is 0.444 e. The second-order valence-electron chi connectivity index (χ2n) is 7.23. The Kier molecular flexibility index (Phi) is 5.71. The van der Waals surface area contributed by atoms with E-state index in [9.17, 15) is 4.79 Å². The van der Waals surface area contributed by atoms with Crippen LogP contribution in [0.5, 0.6) is 0 Å². The van der Waals surface area contributed by atoms with Crippen LogP contribution in [0.1, 0.15) is 30.0 Å². The van der Waals surface area contributed by atoms with Crippen LogP contribution in [0.3, 0.4) is 0 Å². The van der Waals surface area contributed by atoms with Crippen LogP contribution in [0.25, 0.3) is 0 Å². The first kappa shape index (κ1) is 18.9. The Bertz CT molecular complexity index is 1000. The molecule has 0 saturated heterocycles. The maximum Gasteiger partial charge on any atom is 0.414 e. The lowest BCUT2D eigenvalue weighted by Crippen LogP contribution is -2.44. The van der Waals surface area contributed by atoms with Crippen LogP contribution in [0.2, 0.25) is 0 Å². The van der Waals surface area contributed by atoms with Crippen molar-refractivity contribution in [1.29, 1.82) is 0 Å². The average Bonchev–Trinajstić information content (AvgIpc) is 2.77. The molecule has 4 rings (SSSR count). The zero-order valence-electron chi connectivity index (χ0n) is 16.5. The van der Waals surface area contributed by atoms with Crippen LogP contribution in [0, 0.1) is 0 Å². The third-order valence-corrected chi connectivity index (χ3v) is 5.10. The van der Waals surface area contributed by atoms with Gasteiger partial charge >= 0.3 is 6.09 Å². The van der Waals surface area contributed by atoms with E-state index in [0.29, 0.717) is 13.0 Å². The van der Waals surface area contributed by atoms with Crippen molar-refractivity contribution in [3.63, 3.8) is 0 Å². The molecule has 0 aromatic heterocycles. The first-order valence-corrected chi connectivity index (χ1v) is 9.89. The molecule has 1 heterocycles. The number of carbonyl (C=O) groups is 1. The Balaban J connectivity index is 1.55. The third-order valence-electron chi connectivity index (χ3n) is 5.10. The van der Waals surface area contributed by atoms with Crippen molar-refractivity contribution < 1.29 is 9.53 Å². The van der Waals surface area contributed by atoms with E-state index < -0.39 is 0 Å². The maximum absolute atomic E-state index is 12.9. The topological polar surface area (TPSA) is 41.9 Å². The van der Waals surface area contributed by atoms with E-state index in [1.807, 2.05) is 79.7 Å². The molecule has 0 aliphatic carbocycles. The number of rotatable bonds is 4. The lowest BCUT2D eigenvalue weighted by atomic mass is 9.94. The molecule has 4 nitrogen and oxygen atoms in total. The van der Waals surface area contributed by atoms with E-state index in [1.165, 1.54) is 5.56 Å². The predicted octanol–water partition coefficient (Wildman–Crippen LogP) is 5.61. The molecule has 0 saturated carbocycles. The lowest BCUT2D eigenvalue weighted by Gasteiger charge is -2.35. The minimum atomic E-state index is -0.323. The van der Waals surface area contributed by atoms with Crippen LogP contribution in [-0.4, -0.2) is 17.8 Å². The van der Waals surface area contributed by atoms with Crippen molar-refractivity contribution in [3.05, 3.63) is 102 Å². The molecular formula is C25H24N2O2. The Morgan fingerprint density at radius 1 is 0.931 bits per heavy atom. The third kappa shape index (κ3) is 4.37. The molecule has 29 heavy (non-hydrogen) atoms. The van der Waals surface area contributed by atoms with Gasteiger partial charge in [-0.3, -0.25) is 9.89 Å². The molecule has 1 amide bonds. The molecule has 0 radical (unpaired) electrons. The van der Waals surface area contributed by atoms with Crippen LogP contribution in [0.4, 0.5) is 10.5 Å². The normalized spacial score (nSPS) is 17.1. The number of amides is 1. The van der Waals surface area contributed by atoms with E-state index >= 15 is 0 Å². The highest BCUT2D eigenvalue weighted by Crippen LogP contribution is 2.32. The average molecular weight is 384 g/mol. The first-order chi connectivity index (χ1) is 14.2. The van der Waals surface area contributed by atoms with E-state index in [0.717, 1.165) is 22.5 Å². The number of aliphatic imine (C=N–C) groups is 1. The quantitative estimate of drug-likeness (QED) is 0.586. The lowest BCUT2D eigenvalue weighted by molar-refractivity contribution is 0.145. The summed E-state index contributed by atoms with van der Waals surface area (Å²) in [6.45, 7) is 2.94. The summed E-state index contributed by atoms with van der Waals surface area (Å²) in [6.07, 6.45) is 0.375. The Morgan fingerprint density at radius 2 is 1.55 bits per heavy atom. The highest BCUT2D eigenvalue weighted by atomic mass is 16.6. The summed E-state index contributed by atoms with van der Waals surface area (Å²) in [4.78, 5) is 19.5. The molecule has 0 fully saturated rings. The number of hydrogen-bond donors (Lipinski definition) is 0. The zero-order chi connectivity index (χ0) is 20.1. The van der Waals surface area contributed by atoms with Gasteiger partial charge in [-0.2, -0.15) is 0 Å². The summed E-state index contributed by atoms with van der Waals surface area (Å²) < 4.78 is 5.61. The van der Waals surface area contributed by atoms with Gasteiger partial charge in [0.25, 0.3) is 0 Å². The number of ether oxygens (including phenoxy) is 1. The molecule has 0 N–H and O–H groups in total. The molecule has 0 spiro atoms. The summed E-state index contributed by atoms with van der Waals surface area (Å²) in [5.41, 5.74) is 5.04. The molecular weight excluding hydrogens is 360 g/mol. The van der Waals surface area contributed by atoms with E-state index in [4.69, 9.17) is 9.73 Å². The van der Waals surface area contributed by atoms with E-state index in [1.54, 1.807) is 4.90 Å². The van der Waals surface area contributed by atoms with Crippen molar-refractivity contribution in [2.45, 2.75) is 32.5 Å². The van der Waals surface area contributed by atoms with Gasteiger partial charge < -0.3 is 4.74 Å². The molecule has 146 valence electrons. The molecule has 0 bridgehead atoms. The number of anilines is 1. The highest BCUT2D eigenvalue weighted by Gasteiger charge is 2.32. The summed E-state index contributed by atoms with van der Waals surface area (Å²) in [5.74, 6) is 0. The Morgan fingerprint density at radius 3 is 2.28 bits per heavy atom. The summed E-state index contributed by atoms with van der Waals surface area (Å²) in [7, 11) is 0. The smallest absolute Gasteiger partial charge is 0.414 e. The molecule has 1 aliphatic rings. The van der Waals surface area contributed by atoms with Crippen molar-refractivity contribution in [1.82, 2.24) is 0 Å². The van der Waals surface area contributed by atoms with Crippen LogP contribution >= 0.6 is 0 Å². The van der Waals surface area contributed by atoms with Gasteiger partial charge in [-0.05, 0) is 24.1 Å². The number of carbonyl (C=O) groups excluding carboxylic acids is 1. The van der Waals surface area contributed by atoms with Gasteiger partial charge in [0.15, 0.2) is 0 Å². The predicted molar refractivity (Wildman–Crippen MR) is 116 cm³/mol. The van der Waals surface area contributed by atoms with Crippen LogP contribution in [0.15, 0.2) is 89.9 Å². The highest BCUT2D eigenvalue weighted by molar-refractivity contribution is 6.10. The number of para-hydroxylation sites is 1. The number of hydrogen-bond acceptors (Lipinski definition) is 3. The van der Waals surface area contributed by atoms with Crippen molar-refractivity contribution in [3.8, 4) is 0 Å². The molecule has 3 aromatic carbocycles. The summed E-state index contributed by atoms with van der Waals surface area (Å²) in [6, 6.07) is 27.9.